The smallest absolute Gasteiger partial charge is 0.188 e. The van der Waals surface area contributed by atoms with Gasteiger partial charge in [-0.05, 0) is 42.0 Å². The van der Waals surface area contributed by atoms with Crippen molar-refractivity contribution in [2.45, 2.75) is 6.54 Å². The predicted octanol–water partition coefficient (Wildman–Crippen LogP) is 3.63. The molecule has 0 N–H and O–H groups in total. The highest BCUT2D eigenvalue weighted by Crippen LogP contribution is 2.23. The largest absolute Gasteiger partial charge is 0.378 e. The average molecular weight is 376 g/mol. The third-order valence-electron chi connectivity index (χ3n) is 4.60. The molecule has 2 heterocycles. The lowest BCUT2D eigenvalue weighted by molar-refractivity contribution is 0.629. The second kappa shape index (κ2) is 7.26. The maximum Gasteiger partial charge on any atom is 0.188 e. The van der Waals surface area contributed by atoms with E-state index in [9.17, 15) is 4.39 Å². The van der Waals surface area contributed by atoms with Crippen LogP contribution in [0.5, 0.6) is 0 Å². The minimum absolute atomic E-state index is 0.349. The van der Waals surface area contributed by atoms with Gasteiger partial charge in [0.1, 0.15) is 11.6 Å². The Labute approximate surface area is 162 Å². The summed E-state index contributed by atoms with van der Waals surface area (Å²) >= 11 is 0. The highest BCUT2D eigenvalue weighted by Gasteiger charge is 2.14. The van der Waals surface area contributed by atoms with Gasteiger partial charge in [-0.15, -0.1) is 15.3 Å². The normalized spacial score (nSPS) is 11.0. The number of halogens is 1. The Bertz CT molecular complexity index is 1120. The molecule has 0 spiro atoms. The Morgan fingerprint density at radius 1 is 0.929 bits per heavy atom. The number of hydrogen-bond donors (Lipinski definition) is 0. The lowest BCUT2D eigenvalue weighted by Gasteiger charge is -2.20. The van der Waals surface area contributed by atoms with Crippen molar-refractivity contribution in [2.75, 3.05) is 30.9 Å². The molecule has 0 amide bonds. The molecule has 0 fully saturated rings. The van der Waals surface area contributed by atoms with Crippen LogP contribution in [0.1, 0.15) is 5.56 Å². The highest BCUT2D eigenvalue weighted by molar-refractivity contribution is 5.60. The Morgan fingerprint density at radius 3 is 2.54 bits per heavy atom. The minimum Gasteiger partial charge on any atom is -0.378 e. The number of nitrogens with zero attached hydrogens (tertiary/aromatic N) is 6. The van der Waals surface area contributed by atoms with E-state index in [4.69, 9.17) is 0 Å². The number of hydrogen-bond acceptors (Lipinski definition) is 5. The van der Waals surface area contributed by atoms with E-state index >= 15 is 0 Å². The second-order valence-corrected chi connectivity index (χ2v) is 6.89. The Hall–Kier alpha value is -3.48. The SMILES string of the molecule is CN(C)c1cccc(CN(C)c2ccc3nnc(-c4ccccc4F)n3n2)c1. The van der Waals surface area contributed by atoms with E-state index in [1.165, 1.54) is 11.6 Å². The Kier molecular flexibility index (Phi) is 4.65. The molecule has 0 aliphatic rings. The molecule has 7 heteroatoms. The van der Waals surface area contributed by atoms with Crippen LogP contribution in [-0.4, -0.2) is 41.0 Å². The van der Waals surface area contributed by atoms with Crippen LogP contribution in [-0.2, 0) is 6.54 Å². The van der Waals surface area contributed by atoms with Crippen molar-refractivity contribution >= 4 is 17.2 Å². The monoisotopic (exact) mass is 376 g/mol. The summed E-state index contributed by atoms with van der Waals surface area (Å²) in [6, 6.07) is 18.6. The van der Waals surface area contributed by atoms with Gasteiger partial charge in [-0.1, -0.05) is 24.3 Å². The van der Waals surface area contributed by atoms with Gasteiger partial charge in [-0.2, -0.15) is 4.52 Å². The number of benzene rings is 2. The second-order valence-electron chi connectivity index (χ2n) is 6.89. The minimum atomic E-state index is -0.349. The van der Waals surface area contributed by atoms with Crippen LogP contribution in [0.25, 0.3) is 17.0 Å². The average Bonchev–Trinajstić information content (AvgIpc) is 3.11. The van der Waals surface area contributed by atoms with E-state index in [1.54, 1.807) is 22.7 Å². The molecular weight excluding hydrogens is 355 g/mol. The fourth-order valence-electron chi connectivity index (χ4n) is 3.08. The molecule has 28 heavy (non-hydrogen) atoms. The summed E-state index contributed by atoms with van der Waals surface area (Å²) in [5.41, 5.74) is 3.27. The Morgan fingerprint density at radius 2 is 1.75 bits per heavy atom. The zero-order chi connectivity index (χ0) is 19.7. The fourth-order valence-corrected chi connectivity index (χ4v) is 3.08. The molecular formula is C21H21FN6. The van der Waals surface area contributed by atoms with E-state index in [-0.39, 0.29) is 5.82 Å². The number of aromatic nitrogens is 4. The first-order chi connectivity index (χ1) is 13.5. The summed E-state index contributed by atoms with van der Waals surface area (Å²) in [7, 11) is 6.02. The van der Waals surface area contributed by atoms with E-state index < -0.39 is 0 Å². The van der Waals surface area contributed by atoms with Crippen molar-refractivity contribution in [1.29, 1.82) is 0 Å². The molecule has 4 aromatic rings. The van der Waals surface area contributed by atoms with Crippen molar-refractivity contribution in [2.24, 2.45) is 0 Å². The molecule has 2 aromatic carbocycles. The summed E-state index contributed by atoms with van der Waals surface area (Å²) in [5, 5.41) is 12.9. The number of anilines is 2. The molecule has 2 aromatic heterocycles. The van der Waals surface area contributed by atoms with Gasteiger partial charge in [-0.25, -0.2) is 4.39 Å². The van der Waals surface area contributed by atoms with Gasteiger partial charge in [0.2, 0.25) is 0 Å². The number of fused-ring (bicyclic) bond motifs is 1. The molecule has 6 nitrogen and oxygen atoms in total. The van der Waals surface area contributed by atoms with Crippen LogP contribution in [0.15, 0.2) is 60.7 Å². The maximum absolute atomic E-state index is 14.2. The molecule has 0 saturated heterocycles. The van der Waals surface area contributed by atoms with Crippen LogP contribution in [0, 0.1) is 5.82 Å². The van der Waals surface area contributed by atoms with Gasteiger partial charge in [0.15, 0.2) is 11.5 Å². The van der Waals surface area contributed by atoms with Crippen LogP contribution < -0.4 is 9.80 Å². The lowest BCUT2D eigenvalue weighted by Crippen LogP contribution is -2.19. The van der Waals surface area contributed by atoms with Crippen molar-refractivity contribution in [3.05, 3.63) is 72.0 Å². The Balaban J connectivity index is 1.67. The fraction of sp³-hybridized carbons (Fsp3) is 0.190. The third-order valence-corrected chi connectivity index (χ3v) is 4.60. The van der Waals surface area contributed by atoms with E-state index in [1.807, 2.05) is 44.2 Å². The van der Waals surface area contributed by atoms with Crippen LogP contribution in [0.3, 0.4) is 0 Å². The van der Waals surface area contributed by atoms with Gasteiger partial charge in [0.25, 0.3) is 0 Å². The van der Waals surface area contributed by atoms with Gasteiger partial charge < -0.3 is 9.80 Å². The highest BCUT2D eigenvalue weighted by atomic mass is 19.1. The van der Waals surface area contributed by atoms with Gasteiger partial charge in [-0.3, -0.25) is 0 Å². The lowest BCUT2D eigenvalue weighted by atomic mass is 10.2. The topological polar surface area (TPSA) is 49.6 Å². The molecule has 4 rings (SSSR count). The number of rotatable bonds is 5. The third kappa shape index (κ3) is 3.38. The van der Waals surface area contributed by atoms with E-state index in [0.717, 1.165) is 11.5 Å². The predicted molar refractivity (Wildman–Crippen MR) is 109 cm³/mol. The summed E-state index contributed by atoms with van der Waals surface area (Å²) in [6.07, 6.45) is 0. The van der Waals surface area contributed by atoms with Crippen molar-refractivity contribution < 1.29 is 4.39 Å². The van der Waals surface area contributed by atoms with Crippen molar-refractivity contribution in [3.63, 3.8) is 0 Å². The molecule has 0 bridgehead atoms. The molecule has 0 aliphatic carbocycles. The van der Waals surface area contributed by atoms with Crippen molar-refractivity contribution in [1.82, 2.24) is 19.8 Å². The molecule has 0 aliphatic heterocycles. The molecule has 142 valence electrons. The summed E-state index contributed by atoms with van der Waals surface area (Å²) in [4.78, 5) is 4.12. The van der Waals surface area contributed by atoms with Crippen LogP contribution in [0.2, 0.25) is 0 Å². The molecule has 0 unspecified atom stereocenters. The molecule has 0 radical (unpaired) electrons. The van der Waals surface area contributed by atoms with Gasteiger partial charge in [0.05, 0.1) is 5.56 Å². The van der Waals surface area contributed by atoms with Crippen molar-refractivity contribution in [3.8, 4) is 11.4 Å². The molecule has 0 atom stereocenters. The van der Waals surface area contributed by atoms with Crippen LogP contribution >= 0.6 is 0 Å². The van der Waals surface area contributed by atoms with Gasteiger partial charge in [0, 0.05) is 33.4 Å². The summed E-state index contributed by atoms with van der Waals surface area (Å²) in [5.74, 6) is 0.788. The first-order valence-corrected chi connectivity index (χ1v) is 8.98. The standard InChI is InChI=1S/C21H21FN6/c1-26(2)16-8-6-7-15(13-16)14-27(3)20-12-11-19-23-24-21(28(19)25-20)17-9-4-5-10-18(17)22/h4-13H,14H2,1-3H3. The quantitative estimate of drug-likeness (QED) is 0.532. The van der Waals surface area contributed by atoms with Gasteiger partial charge >= 0.3 is 0 Å². The maximum atomic E-state index is 14.2. The van der Waals surface area contributed by atoms with Crippen LogP contribution in [0.4, 0.5) is 15.9 Å². The summed E-state index contributed by atoms with van der Waals surface area (Å²) in [6.45, 7) is 0.692. The molecule has 0 saturated carbocycles. The first-order valence-electron chi connectivity index (χ1n) is 8.98. The zero-order valence-electron chi connectivity index (χ0n) is 16.0. The van der Waals surface area contributed by atoms with E-state index in [0.29, 0.717) is 23.6 Å². The van der Waals surface area contributed by atoms with E-state index in [2.05, 4.69) is 38.4 Å². The first kappa shape index (κ1) is 17.9. The summed E-state index contributed by atoms with van der Waals surface area (Å²) < 4.78 is 15.8. The zero-order valence-corrected chi connectivity index (χ0v) is 16.0.